The molecule has 2 aromatic carbocycles. The summed E-state index contributed by atoms with van der Waals surface area (Å²) in [7, 11) is -3.21. The highest BCUT2D eigenvalue weighted by atomic mass is 32.2. The largest absolute Gasteiger partial charge is 0.342 e. The predicted octanol–water partition coefficient (Wildman–Crippen LogP) is 3.39. The molecule has 1 saturated heterocycles. The van der Waals surface area contributed by atoms with Crippen molar-refractivity contribution in [1.82, 2.24) is 9.62 Å². The van der Waals surface area contributed by atoms with E-state index in [9.17, 15) is 13.2 Å². The first-order chi connectivity index (χ1) is 13.9. The Morgan fingerprint density at radius 2 is 1.72 bits per heavy atom. The average molecular weight is 413 g/mol. The molecule has 2 aliphatic rings. The summed E-state index contributed by atoms with van der Waals surface area (Å²) in [5.74, 6) is 0.532. The summed E-state index contributed by atoms with van der Waals surface area (Å²) in [4.78, 5) is 15.1. The van der Waals surface area contributed by atoms with Gasteiger partial charge in [-0.3, -0.25) is 4.79 Å². The summed E-state index contributed by atoms with van der Waals surface area (Å²) in [6.45, 7) is 1.33. The van der Waals surface area contributed by atoms with Crippen LogP contribution in [0.25, 0.3) is 11.1 Å². The van der Waals surface area contributed by atoms with Crippen LogP contribution in [0.4, 0.5) is 0 Å². The maximum Gasteiger partial charge on any atom is 0.226 e. The van der Waals surface area contributed by atoms with Crippen LogP contribution >= 0.6 is 0 Å². The Hall–Kier alpha value is -2.18. The smallest absolute Gasteiger partial charge is 0.226 e. The van der Waals surface area contributed by atoms with E-state index in [0.29, 0.717) is 19.5 Å². The maximum atomic E-state index is 13.1. The predicted molar refractivity (Wildman–Crippen MR) is 115 cm³/mol. The van der Waals surface area contributed by atoms with Gasteiger partial charge in [0.15, 0.2) is 0 Å². The van der Waals surface area contributed by atoms with Gasteiger partial charge in [0.25, 0.3) is 0 Å². The monoisotopic (exact) mass is 412 g/mol. The Morgan fingerprint density at radius 3 is 2.48 bits per heavy atom. The van der Waals surface area contributed by atoms with Gasteiger partial charge >= 0.3 is 0 Å². The van der Waals surface area contributed by atoms with E-state index in [0.717, 1.165) is 19.3 Å². The molecule has 1 aliphatic heterocycles. The molecule has 1 aliphatic carbocycles. The molecule has 1 N–H and O–H groups in total. The highest BCUT2D eigenvalue weighted by molar-refractivity contribution is 7.88. The summed E-state index contributed by atoms with van der Waals surface area (Å²) in [5.41, 5.74) is 3.65. The highest BCUT2D eigenvalue weighted by Gasteiger charge is 2.46. The second kappa shape index (κ2) is 8.28. The van der Waals surface area contributed by atoms with Crippen LogP contribution in [0.15, 0.2) is 54.6 Å². The summed E-state index contributed by atoms with van der Waals surface area (Å²) in [6.07, 6.45) is 4.37. The molecule has 6 heteroatoms. The molecule has 0 radical (unpaired) electrons. The number of rotatable bonds is 5. The SMILES string of the molecule is CS(=O)(=O)N[C@@H]1CCCN(C(=O)[C@@H]2C[C@H]2c2ccccc2-c2ccccc2)CC1. The number of hydrogen-bond acceptors (Lipinski definition) is 3. The van der Waals surface area contributed by atoms with Crippen LogP contribution in [0, 0.1) is 5.92 Å². The zero-order chi connectivity index (χ0) is 20.4. The van der Waals surface area contributed by atoms with Crippen LogP contribution in [-0.2, 0) is 14.8 Å². The van der Waals surface area contributed by atoms with E-state index < -0.39 is 10.0 Å². The standard InChI is InChI=1S/C23H28N2O3S/c1-29(27,28)24-18-10-7-14-25(15-13-18)23(26)22-16-21(22)20-12-6-5-11-19(20)17-8-3-2-4-9-17/h2-6,8-9,11-12,18,21-22,24H,7,10,13-16H2,1H3/t18-,21+,22-/m1/s1. The molecule has 1 heterocycles. The van der Waals surface area contributed by atoms with Crippen LogP contribution in [-0.4, -0.2) is 44.6 Å². The molecule has 5 nitrogen and oxygen atoms in total. The summed E-state index contributed by atoms with van der Waals surface area (Å²) in [6, 6.07) is 18.6. The van der Waals surface area contributed by atoms with Gasteiger partial charge in [0.05, 0.1) is 6.26 Å². The lowest BCUT2D eigenvalue weighted by molar-refractivity contribution is -0.132. The molecule has 0 unspecified atom stereocenters. The minimum Gasteiger partial charge on any atom is -0.342 e. The van der Waals surface area contributed by atoms with Gasteiger partial charge in [0.1, 0.15) is 0 Å². The molecule has 1 saturated carbocycles. The fourth-order valence-electron chi connectivity index (χ4n) is 4.48. The first kappa shape index (κ1) is 20.1. The lowest BCUT2D eigenvalue weighted by Gasteiger charge is -2.21. The number of hydrogen-bond donors (Lipinski definition) is 1. The normalized spacial score (nSPS) is 24.7. The van der Waals surface area contributed by atoms with Crippen LogP contribution in [0.2, 0.25) is 0 Å². The minimum absolute atomic E-state index is 0.0410. The van der Waals surface area contributed by atoms with E-state index in [2.05, 4.69) is 41.1 Å². The number of benzene rings is 2. The van der Waals surface area contributed by atoms with Crippen molar-refractivity contribution in [2.45, 2.75) is 37.6 Å². The van der Waals surface area contributed by atoms with E-state index in [-0.39, 0.29) is 23.8 Å². The Bertz CT molecular complexity index is 975. The number of carbonyl (C=O) groups excluding carboxylic acids is 1. The zero-order valence-electron chi connectivity index (χ0n) is 16.8. The molecule has 29 heavy (non-hydrogen) atoms. The number of nitrogens with one attached hydrogen (secondary N) is 1. The number of carbonyl (C=O) groups is 1. The van der Waals surface area contributed by atoms with Crippen molar-refractivity contribution in [2.24, 2.45) is 5.92 Å². The third-order valence-electron chi connectivity index (χ3n) is 5.97. The Balaban J connectivity index is 1.43. The molecule has 154 valence electrons. The maximum absolute atomic E-state index is 13.1. The van der Waals surface area contributed by atoms with E-state index in [1.807, 2.05) is 23.1 Å². The highest BCUT2D eigenvalue weighted by Crippen LogP contribution is 2.51. The van der Waals surface area contributed by atoms with Gasteiger partial charge in [-0.1, -0.05) is 54.6 Å². The van der Waals surface area contributed by atoms with Gasteiger partial charge in [-0.05, 0) is 48.3 Å². The summed E-state index contributed by atoms with van der Waals surface area (Å²) in [5, 5.41) is 0. The molecule has 2 aromatic rings. The Kier molecular flexibility index (Phi) is 5.74. The van der Waals surface area contributed by atoms with Crippen LogP contribution in [0.1, 0.15) is 37.2 Å². The molecule has 0 spiro atoms. The number of amides is 1. The van der Waals surface area contributed by atoms with Gasteiger partial charge < -0.3 is 4.90 Å². The first-order valence-corrected chi connectivity index (χ1v) is 12.2. The summed E-state index contributed by atoms with van der Waals surface area (Å²) < 4.78 is 25.7. The Labute approximate surface area is 173 Å². The second-order valence-corrected chi connectivity index (χ2v) is 10.0. The van der Waals surface area contributed by atoms with Gasteiger partial charge in [-0.15, -0.1) is 0 Å². The third kappa shape index (κ3) is 4.87. The number of likely N-dealkylation sites (tertiary alicyclic amines) is 1. The van der Waals surface area contributed by atoms with Crippen molar-refractivity contribution in [3.05, 3.63) is 60.2 Å². The molecule has 4 rings (SSSR count). The Morgan fingerprint density at radius 1 is 1.00 bits per heavy atom. The molecule has 3 atom stereocenters. The van der Waals surface area contributed by atoms with Gasteiger partial charge in [-0.2, -0.15) is 0 Å². The second-order valence-electron chi connectivity index (χ2n) is 8.25. The molecular formula is C23H28N2O3S. The van der Waals surface area contributed by atoms with Crippen molar-refractivity contribution >= 4 is 15.9 Å². The molecule has 1 amide bonds. The van der Waals surface area contributed by atoms with Gasteiger partial charge in [0.2, 0.25) is 15.9 Å². The third-order valence-corrected chi connectivity index (χ3v) is 6.73. The lowest BCUT2D eigenvalue weighted by atomic mass is 9.96. The van der Waals surface area contributed by atoms with Crippen molar-refractivity contribution < 1.29 is 13.2 Å². The zero-order valence-corrected chi connectivity index (χ0v) is 17.6. The molecule has 0 bridgehead atoms. The van der Waals surface area contributed by atoms with E-state index in [4.69, 9.17) is 0 Å². The van der Waals surface area contributed by atoms with Crippen molar-refractivity contribution in [1.29, 1.82) is 0 Å². The van der Waals surface area contributed by atoms with Crippen molar-refractivity contribution in [2.75, 3.05) is 19.3 Å². The fraction of sp³-hybridized carbons (Fsp3) is 0.435. The quantitative estimate of drug-likeness (QED) is 0.819. The van der Waals surface area contributed by atoms with Gasteiger partial charge in [0, 0.05) is 25.0 Å². The van der Waals surface area contributed by atoms with Crippen LogP contribution < -0.4 is 4.72 Å². The topological polar surface area (TPSA) is 66.5 Å². The minimum atomic E-state index is -3.21. The first-order valence-electron chi connectivity index (χ1n) is 10.3. The lowest BCUT2D eigenvalue weighted by Crippen LogP contribution is -2.36. The van der Waals surface area contributed by atoms with Crippen molar-refractivity contribution in [3.8, 4) is 11.1 Å². The van der Waals surface area contributed by atoms with E-state index in [1.165, 1.54) is 22.9 Å². The van der Waals surface area contributed by atoms with E-state index >= 15 is 0 Å². The van der Waals surface area contributed by atoms with Gasteiger partial charge in [-0.25, -0.2) is 13.1 Å². The average Bonchev–Trinajstić information content (AvgIpc) is 3.52. The van der Waals surface area contributed by atoms with Crippen LogP contribution in [0.3, 0.4) is 0 Å². The van der Waals surface area contributed by atoms with E-state index in [1.54, 1.807) is 0 Å². The molecule has 2 fully saturated rings. The summed E-state index contributed by atoms with van der Waals surface area (Å²) >= 11 is 0. The molecular weight excluding hydrogens is 384 g/mol. The molecule has 0 aromatic heterocycles. The fourth-order valence-corrected chi connectivity index (χ4v) is 5.33. The van der Waals surface area contributed by atoms with Crippen molar-refractivity contribution in [3.63, 3.8) is 0 Å². The van der Waals surface area contributed by atoms with Crippen LogP contribution in [0.5, 0.6) is 0 Å². The number of nitrogens with zero attached hydrogens (tertiary/aromatic N) is 1. The number of sulfonamides is 1.